The second kappa shape index (κ2) is 6.10. The highest BCUT2D eigenvalue weighted by atomic mass is 16.5. The Morgan fingerprint density at radius 1 is 1.17 bits per heavy atom. The third-order valence-electron chi connectivity index (χ3n) is 3.42. The second-order valence-corrected chi connectivity index (χ2v) is 5.44. The monoisotopic (exact) mass is 302 g/mol. The molecule has 0 aliphatic carbocycles. The number of rotatable bonds is 2. The normalized spacial score (nSPS) is 15.7. The summed E-state index contributed by atoms with van der Waals surface area (Å²) in [6.07, 6.45) is 3.57. The van der Waals surface area contributed by atoms with Gasteiger partial charge in [0.1, 0.15) is 29.4 Å². The largest absolute Gasteiger partial charge is 0.480 e. The van der Waals surface area contributed by atoms with E-state index in [-0.39, 0.29) is 16.9 Å². The second-order valence-electron chi connectivity index (χ2n) is 5.44. The van der Waals surface area contributed by atoms with Crippen molar-refractivity contribution < 1.29 is 4.74 Å². The molecule has 112 valence electrons. The first-order chi connectivity index (χ1) is 10.9. The predicted octanol–water partition coefficient (Wildman–Crippen LogP) is 3.21. The van der Waals surface area contributed by atoms with Crippen LogP contribution >= 0.6 is 0 Å². The van der Waals surface area contributed by atoms with Gasteiger partial charge in [-0.25, -0.2) is 0 Å². The first-order valence-electron chi connectivity index (χ1n) is 6.85. The van der Waals surface area contributed by atoms with Crippen molar-refractivity contribution in [2.24, 2.45) is 0 Å². The Morgan fingerprint density at radius 3 is 2.43 bits per heavy atom. The highest BCUT2D eigenvalue weighted by Gasteiger charge is 2.38. The molecule has 1 heterocycles. The van der Waals surface area contributed by atoms with Crippen LogP contribution in [0.4, 0.5) is 5.69 Å². The number of nitrogens with two attached hydrogens (primary N) is 1. The lowest BCUT2D eigenvalue weighted by Gasteiger charge is -2.20. The lowest BCUT2D eigenvalue weighted by atomic mass is 9.94. The Labute approximate surface area is 134 Å². The molecule has 0 saturated heterocycles. The summed E-state index contributed by atoms with van der Waals surface area (Å²) in [6.45, 7) is 3.56. The predicted molar refractivity (Wildman–Crippen MR) is 85.9 cm³/mol. The van der Waals surface area contributed by atoms with Crippen molar-refractivity contribution in [2.75, 3.05) is 5.73 Å². The highest BCUT2D eigenvalue weighted by molar-refractivity contribution is 5.65. The molecule has 0 aromatic heterocycles. The van der Waals surface area contributed by atoms with Crippen molar-refractivity contribution in [3.63, 3.8) is 0 Å². The molecule has 5 nitrogen and oxygen atoms in total. The molecular formula is C18H14N4O. The molecule has 1 aromatic carbocycles. The number of nitriles is 3. The number of nitrogen functional groups attached to an aromatic ring is 1. The molecule has 0 atom stereocenters. The van der Waals surface area contributed by atoms with Gasteiger partial charge >= 0.3 is 0 Å². The van der Waals surface area contributed by atoms with E-state index in [2.05, 4.69) is 0 Å². The summed E-state index contributed by atoms with van der Waals surface area (Å²) >= 11 is 0. The summed E-state index contributed by atoms with van der Waals surface area (Å²) in [7, 11) is 0. The van der Waals surface area contributed by atoms with Crippen LogP contribution in [-0.2, 0) is 4.74 Å². The van der Waals surface area contributed by atoms with Gasteiger partial charge < -0.3 is 10.5 Å². The molecule has 0 amide bonds. The average molecular weight is 302 g/mol. The fourth-order valence-corrected chi connectivity index (χ4v) is 2.32. The van der Waals surface area contributed by atoms with Crippen LogP contribution in [0.25, 0.3) is 6.08 Å². The van der Waals surface area contributed by atoms with E-state index in [1.165, 1.54) is 0 Å². The van der Waals surface area contributed by atoms with Crippen LogP contribution in [0.2, 0.25) is 0 Å². The van der Waals surface area contributed by atoms with Gasteiger partial charge in [0.25, 0.3) is 0 Å². The lowest BCUT2D eigenvalue weighted by Crippen LogP contribution is -2.20. The van der Waals surface area contributed by atoms with E-state index in [1.54, 1.807) is 44.2 Å². The summed E-state index contributed by atoms with van der Waals surface area (Å²) in [4.78, 5) is 0. The molecule has 23 heavy (non-hydrogen) atoms. The minimum atomic E-state index is -0.809. The molecule has 1 aliphatic heterocycles. The molecule has 0 bridgehead atoms. The molecule has 0 unspecified atom stereocenters. The maximum Gasteiger partial charge on any atom is 0.172 e. The van der Waals surface area contributed by atoms with Gasteiger partial charge in [0.05, 0.1) is 0 Å². The quantitative estimate of drug-likeness (QED) is 0.666. The maximum absolute atomic E-state index is 9.43. The molecule has 0 saturated carbocycles. The van der Waals surface area contributed by atoms with E-state index >= 15 is 0 Å². The number of allylic oxidation sites excluding steroid dienone is 2. The van der Waals surface area contributed by atoms with E-state index < -0.39 is 5.60 Å². The highest BCUT2D eigenvalue weighted by Crippen LogP contribution is 2.40. The Balaban J connectivity index is 2.56. The lowest BCUT2D eigenvalue weighted by molar-refractivity contribution is 0.0954. The summed E-state index contributed by atoms with van der Waals surface area (Å²) in [5, 5.41) is 27.5. The summed E-state index contributed by atoms with van der Waals surface area (Å²) in [6, 6.07) is 12.9. The topological polar surface area (TPSA) is 107 Å². The Kier molecular flexibility index (Phi) is 4.21. The Hall–Kier alpha value is -3.49. The van der Waals surface area contributed by atoms with Crippen molar-refractivity contribution in [1.82, 2.24) is 0 Å². The van der Waals surface area contributed by atoms with Crippen molar-refractivity contribution >= 4 is 11.8 Å². The van der Waals surface area contributed by atoms with Crippen LogP contribution < -0.4 is 5.73 Å². The molecule has 2 N–H and O–H groups in total. The standard InChI is InChI=1S/C18H14N4O/c1-18(2)16(7-6-12-4-3-5-14(22)8-12)15(11-21)17(23-18)13(9-19)10-20/h3-8H,22H2,1-2H3/b7-6+. The third kappa shape index (κ3) is 3.07. The smallest absolute Gasteiger partial charge is 0.172 e. The molecular weight excluding hydrogens is 288 g/mol. The fraction of sp³-hybridized carbons (Fsp3) is 0.167. The van der Waals surface area contributed by atoms with Crippen LogP contribution in [0.5, 0.6) is 0 Å². The van der Waals surface area contributed by atoms with Gasteiger partial charge in [0.15, 0.2) is 11.3 Å². The molecule has 0 fully saturated rings. The summed E-state index contributed by atoms with van der Waals surface area (Å²) in [5.41, 5.74) is 7.06. The van der Waals surface area contributed by atoms with Gasteiger partial charge in [-0.15, -0.1) is 0 Å². The van der Waals surface area contributed by atoms with Crippen molar-refractivity contribution in [3.8, 4) is 18.2 Å². The number of hydrogen-bond acceptors (Lipinski definition) is 5. The van der Waals surface area contributed by atoms with Crippen LogP contribution in [0, 0.1) is 34.0 Å². The molecule has 0 radical (unpaired) electrons. The molecule has 2 rings (SSSR count). The van der Waals surface area contributed by atoms with Gasteiger partial charge in [0, 0.05) is 11.3 Å². The van der Waals surface area contributed by atoms with Crippen LogP contribution in [0.1, 0.15) is 19.4 Å². The van der Waals surface area contributed by atoms with Crippen molar-refractivity contribution in [3.05, 3.63) is 58.4 Å². The first-order valence-corrected chi connectivity index (χ1v) is 6.85. The molecule has 1 aromatic rings. The Morgan fingerprint density at radius 2 is 1.87 bits per heavy atom. The minimum Gasteiger partial charge on any atom is -0.480 e. The first kappa shape index (κ1) is 15.9. The van der Waals surface area contributed by atoms with Crippen LogP contribution in [-0.4, -0.2) is 5.60 Å². The van der Waals surface area contributed by atoms with Gasteiger partial charge in [-0.1, -0.05) is 24.3 Å². The minimum absolute atomic E-state index is 0.0368. The van der Waals surface area contributed by atoms with E-state index in [0.29, 0.717) is 11.3 Å². The van der Waals surface area contributed by atoms with Crippen LogP contribution in [0.3, 0.4) is 0 Å². The number of ether oxygens (including phenoxy) is 1. The maximum atomic E-state index is 9.43. The van der Waals surface area contributed by atoms with Crippen molar-refractivity contribution in [2.45, 2.75) is 19.4 Å². The Bertz CT molecular complexity index is 852. The summed E-state index contributed by atoms with van der Waals surface area (Å²) in [5.74, 6) is 0.0368. The number of nitrogens with zero attached hydrogens (tertiary/aromatic N) is 3. The van der Waals surface area contributed by atoms with Gasteiger partial charge in [-0.05, 0) is 31.5 Å². The molecule has 0 spiro atoms. The van der Waals surface area contributed by atoms with E-state index in [0.717, 1.165) is 5.56 Å². The third-order valence-corrected chi connectivity index (χ3v) is 3.42. The van der Waals surface area contributed by atoms with E-state index in [9.17, 15) is 5.26 Å². The van der Waals surface area contributed by atoms with Gasteiger partial charge in [-0.3, -0.25) is 0 Å². The van der Waals surface area contributed by atoms with Gasteiger partial charge in [0.2, 0.25) is 0 Å². The number of hydrogen-bond donors (Lipinski definition) is 1. The number of anilines is 1. The van der Waals surface area contributed by atoms with Gasteiger partial charge in [-0.2, -0.15) is 15.8 Å². The zero-order chi connectivity index (χ0) is 17.0. The van der Waals surface area contributed by atoms with E-state index in [1.807, 2.05) is 24.3 Å². The number of benzene rings is 1. The zero-order valence-electron chi connectivity index (χ0n) is 12.8. The fourth-order valence-electron chi connectivity index (χ4n) is 2.32. The average Bonchev–Trinajstić information content (AvgIpc) is 2.77. The molecule has 1 aliphatic rings. The zero-order valence-corrected chi connectivity index (χ0v) is 12.8. The van der Waals surface area contributed by atoms with Crippen LogP contribution in [0.15, 0.2) is 52.8 Å². The molecule has 5 heteroatoms. The summed E-state index contributed by atoms with van der Waals surface area (Å²) < 4.78 is 5.68. The SMILES string of the molecule is CC1(C)OC(=C(C#N)C#N)C(C#N)=C1/C=C/c1cccc(N)c1. The van der Waals surface area contributed by atoms with Crippen molar-refractivity contribution in [1.29, 1.82) is 15.8 Å². The van der Waals surface area contributed by atoms with E-state index in [4.69, 9.17) is 21.0 Å².